The van der Waals surface area contributed by atoms with Crippen LogP contribution in [0.5, 0.6) is 0 Å². The zero-order valence-corrected chi connectivity index (χ0v) is 14.3. The number of aryl methyl sites for hydroxylation is 1. The lowest BCUT2D eigenvalue weighted by Crippen LogP contribution is -2.46. The van der Waals surface area contributed by atoms with E-state index in [1.54, 1.807) is 11.6 Å². The molecule has 2 heterocycles. The Hall–Kier alpha value is -2.64. The summed E-state index contributed by atoms with van der Waals surface area (Å²) in [7, 11) is 2.02. The monoisotopic (exact) mass is 341 g/mol. The molecule has 132 valence electrons. The molecule has 1 fully saturated rings. The van der Waals surface area contributed by atoms with E-state index >= 15 is 0 Å². The third-order valence-corrected chi connectivity index (χ3v) is 4.48. The van der Waals surface area contributed by atoms with E-state index in [1.165, 1.54) is 11.8 Å². The Bertz CT molecular complexity index is 747. The maximum absolute atomic E-state index is 11.2. The van der Waals surface area contributed by atoms with Gasteiger partial charge in [-0.05, 0) is 17.7 Å². The molecule has 0 atom stereocenters. The summed E-state index contributed by atoms with van der Waals surface area (Å²) in [6.45, 7) is 4.70. The molecule has 0 spiro atoms. The van der Waals surface area contributed by atoms with Gasteiger partial charge < -0.3 is 9.47 Å². The van der Waals surface area contributed by atoms with Gasteiger partial charge in [-0.3, -0.25) is 14.9 Å². The number of benzene rings is 1. The van der Waals surface area contributed by atoms with Crippen molar-refractivity contribution in [1.29, 1.82) is 0 Å². The van der Waals surface area contributed by atoms with E-state index in [2.05, 4.69) is 25.4 Å². The Morgan fingerprint density at radius 2 is 2.04 bits per heavy atom. The fourth-order valence-corrected chi connectivity index (χ4v) is 3.03. The number of carbonyl (C=O) groups excluding carboxylic acids is 1. The van der Waals surface area contributed by atoms with Crippen molar-refractivity contribution in [3.63, 3.8) is 0 Å². The fraction of sp³-hybridized carbons (Fsp3) is 0.333. The number of nitrogens with one attached hydrogen (secondary N) is 1. The van der Waals surface area contributed by atoms with E-state index in [0.717, 1.165) is 44.0 Å². The Balaban J connectivity index is 1.64. The lowest BCUT2D eigenvalue weighted by Gasteiger charge is -2.36. The second kappa shape index (κ2) is 7.96. The van der Waals surface area contributed by atoms with Gasteiger partial charge in [0.15, 0.2) is 0 Å². The average molecular weight is 341 g/mol. The summed E-state index contributed by atoms with van der Waals surface area (Å²) in [5.74, 6) is -0.532. The molecule has 1 aliphatic rings. The number of amides is 1. The number of hydrogen-bond donors (Lipinski definition) is 2. The van der Waals surface area contributed by atoms with E-state index in [9.17, 15) is 4.79 Å². The molecule has 3 rings (SSSR count). The molecular weight excluding hydrogens is 318 g/mol. The minimum atomic E-state index is -0.532. The summed E-state index contributed by atoms with van der Waals surface area (Å²) in [5.41, 5.74) is 4.89. The molecule has 1 aromatic heterocycles. The number of anilines is 1. The van der Waals surface area contributed by atoms with Crippen LogP contribution in [0, 0.1) is 0 Å². The Kier molecular flexibility index (Phi) is 5.47. The largest absolute Gasteiger partial charge is 0.368 e. The molecule has 0 saturated carbocycles. The number of carbonyl (C=O) groups is 1. The van der Waals surface area contributed by atoms with Gasteiger partial charge in [-0.25, -0.2) is 10.5 Å². The van der Waals surface area contributed by atoms with E-state index in [-0.39, 0.29) is 0 Å². The highest BCUT2D eigenvalue weighted by Crippen LogP contribution is 2.23. The van der Waals surface area contributed by atoms with Crippen LogP contribution in [0.1, 0.15) is 11.3 Å². The maximum Gasteiger partial charge on any atom is 0.267 e. The predicted molar refractivity (Wildman–Crippen MR) is 96.1 cm³/mol. The van der Waals surface area contributed by atoms with Crippen LogP contribution in [0.15, 0.2) is 42.9 Å². The van der Waals surface area contributed by atoms with Crippen molar-refractivity contribution < 1.29 is 10.0 Å². The zero-order valence-electron chi connectivity index (χ0n) is 14.3. The van der Waals surface area contributed by atoms with Crippen molar-refractivity contribution in [2.75, 3.05) is 31.1 Å². The van der Waals surface area contributed by atoms with Crippen LogP contribution in [0.2, 0.25) is 0 Å². The lowest BCUT2D eigenvalue weighted by molar-refractivity contribution is -0.124. The van der Waals surface area contributed by atoms with Gasteiger partial charge >= 0.3 is 0 Å². The van der Waals surface area contributed by atoms with Crippen LogP contribution in [0.4, 0.5) is 5.69 Å². The van der Waals surface area contributed by atoms with Crippen LogP contribution in [-0.2, 0) is 18.4 Å². The van der Waals surface area contributed by atoms with Gasteiger partial charge in [0, 0.05) is 57.7 Å². The molecule has 7 nitrogen and oxygen atoms in total. The summed E-state index contributed by atoms with van der Waals surface area (Å²) in [4.78, 5) is 20.1. The molecule has 2 N–H and O–H groups in total. The highest BCUT2D eigenvalue weighted by Gasteiger charge is 2.19. The first kappa shape index (κ1) is 17.2. The molecule has 0 radical (unpaired) electrons. The molecule has 1 aliphatic heterocycles. The number of nitrogens with zero attached hydrogens (tertiary/aromatic N) is 4. The first-order valence-electron chi connectivity index (χ1n) is 8.31. The van der Waals surface area contributed by atoms with Gasteiger partial charge in [0.05, 0.1) is 12.0 Å². The molecular formula is C18H23N5O2. The van der Waals surface area contributed by atoms with Crippen LogP contribution >= 0.6 is 0 Å². The van der Waals surface area contributed by atoms with Crippen molar-refractivity contribution in [3.8, 4) is 0 Å². The number of piperazine rings is 1. The lowest BCUT2D eigenvalue weighted by atomic mass is 10.1. The number of rotatable bonds is 5. The van der Waals surface area contributed by atoms with Crippen molar-refractivity contribution in [3.05, 3.63) is 54.1 Å². The standard InChI is InChI=1S/C18H23N5O2/c1-21-14-19-12-16(21)13-22-8-10-23(11-9-22)17-5-3-2-4-15(17)6-7-18(24)20-25/h2-7,12,14,25H,8-11,13H2,1H3,(H,20,24). The van der Waals surface area contributed by atoms with Crippen LogP contribution in [0.3, 0.4) is 0 Å². The molecule has 1 aromatic carbocycles. The van der Waals surface area contributed by atoms with Crippen molar-refractivity contribution in [2.45, 2.75) is 6.54 Å². The van der Waals surface area contributed by atoms with Crippen molar-refractivity contribution in [2.24, 2.45) is 7.05 Å². The van der Waals surface area contributed by atoms with Crippen molar-refractivity contribution in [1.82, 2.24) is 19.9 Å². The third-order valence-electron chi connectivity index (χ3n) is 4.48. The summed E-state index contributed by atoms with van der Waals surface area (Å²) < 4.78 is 2.05. The molecule has 0 aliphatic carbocycles. The quantitative estimate of drug-likeness (QED) is 0.487. The van der Waals surface area contributed by atoms with E-state index < -0.39 is 5.91 Å². The minimum absolute atomic E-state index is 0.532. The molecule has 1 saturated heterocycles. The number of aromatic nitrogens is 2. The van der Waals surface area contributed by atoms with Gasteiger partial charge in [0.25, 0.3) is 5.91 Å². The maximum atomic E-state index is 11.2. The van der Waals surface area contributed by atoms with Gasteiger partial charge in [0.2, 0.25) is 0 Å². The number of hydrogen-bond acceptors (Lipinski definition) is 5. The van der Waals surface area contributed by atoms with Gasteiger partial charge in [0.1, 0.15) is 0 Å². The van der Waals surface area contributed by atoms with Crippen LogP contribution in [-0.4, -0.2) is 51.7 Å². The predicted octanol–water partition coefficient (Wildman–Crippen LogP) is 1.26. The van der Waals surface area contributed by atoms with E-state index in [1.807, 2.05) is 37.8 Å². The van der Waals surface area contributed by atoms with Gasteiger partial charge in [-0.15, -0.1) is 0 Å². The SMILES string of the molecule is Cn1cncc1CN1CCN(c2ccccc2C=CC(=O)NO)CC1. The van der Waals surface area contributed by atoms with Gasteiger partial charge in [-0.1, -0.05) is 18.2 Å². The van der Waals surface area contributed by atoms with Gasteiger partial charge in [-0.2, -0.15) is 0 Å². The van der Waals surface area contributed by atoms with Crippen molar-refractivity contribution >= 4 is 17.7 Å². The van der Waals surface area contributed by atoms with E-state index in [4.69, 9.17) is 5.21 Å². The molecule has 2 aromatic rings. The fourth-order valence-electron chi connectivity index (χ4n) is 3.03. The molecule has 7 heteroatoms. The van der Waals surface area contributed by atoms with Crippen LogP contribution in [0.25, 0.3) is 6.08 Å². The molecule has 0 unspecified atom stereocenters. The number of hydroxylamine groups is 1. The first-order chi connectivity index (χ1) is 12.2. The normalized spacial score (nSPS) is 15.7. The third kappa shape index (κ3) is 4.26. The summed E-state index contributed by atoms with van der Waals surface area (Å²) in [6.07, 6.45) is 6.80. The topological polar surface area (TPSA) is 73.6 Å². The average Bonchev–Trinajstić information content (AvgIpc) is 3.05. The summed E-state index contributed by atoms with van der Waals surface area (Å²) in [5, 5.41) is 8.61. The Labute approximate surface area is 147 Å². The highest BCUT2D eigenvalue weighted by molar-refractivity contribution is 5.91. The zero-order chi connectivity index (χ0) is 17.6. The van der Waals surface area contributed by atoms with E-state index in [0.29, 0.717) is 0 Å². The Morgan fingerprint density at radius 1 is 1.28 bits per heavy atom. The minimum Gasteiger partial charge on any atom is -0.368 e. The molecule has 0 bridgehead atoms. The number of para-hydroxylation sites is 1. The molecule has 1 amide bonds. The molecule has 25 heavy (non-hydrogen) atoms. The smallest absolute Gasteiger partial charge is 0.267 e. The second-order valence-electron chi connectivity index (χ2n) is 6.13. The first-order valence-corrected chi connectivity index (χ1v) is 8.31. The van der Waals surface area contributed by atoms with Crippen LogP contribution < -0.4 is 10.4 Å². The Morgan fingerprint density at radius 3 is 2.72 bits per heavy atom. The second-order valence-corrected chi connectivity index (χ2v) is 6.13. The summed E-state index contributed by atoms with van der Waals surface area (Å²) >= 11 is 0. The highest BCUT2D eigenvalue weighted by atomic mass is 16.5. The summed E-state index contributed by atoms with van der Waals surface area (Å²) in [6, 6.07) is 7.98. The number of imidazole rings is 1.